The lowest BCUT2D eigenvalue weighted by Gasteiger charge is -2.01. The van der Waals surface area contributed by atoms with E-state index in [2.05, 4.69) is 10.8 Å². The number of halogens is 1. The Bertz CT molecular complexity index is 526. The third-order valence-electron chi connectivity index (χ3n) is 3.23. The van der Waals surface area contributed by atoms with Gasteiger partial charge in [-0.15, -0.1) is 0 Å². The summed E-state index contributed by atoms with van der Waals surface area (Å²) in [5, 5.41) is 1.03. The highest BCUT2D eigenvalue weighted by molar-refractivity contribution is 5.84. The van der Waals surface area contributed by atoms with E-state index < -0.39 is 0 Å². The molecule has 0 atom stereocenters. The quantitative estimate of drug-likeness (QED) is 0.843. The zero-order valence-electron chi connectivity index (χ0n) is 9.12. The summed E-state index contributed by atoms with van der Waals surface area (Å²) in [5.74, 6) is -0.167. The van der Waals surface area contributed by atoms with Gasteiger partial charge in [-0.05, 0) is 49.6 Å². The van der Waals surface area contributed by atoms with Crippen LogP contribution in [0.1, 0.15) is 24.4 Å². The molecule has 3 heteroatoms. The molecule has 2 nitrogen and oxygen atoms in total. The van der Waals surface area contributed by atoms with Crippen molar-refractivity contribution in [1.29, 1.82) is 0 Å². The Morgan fingerprint density at radius 3 is 2.88 bits per heavy atom. The van der Waals surface area contributed by atoms with Crippen molar-refractivity contribution in [2.75, 3.05) is 6.54 Å². The summed E-state index contributed by atoms with van der Waals surface area (Å²) in [7, 11) is 0. The Morgan fingerprint density at radius 2 is 2.19 bits per heavy atom. The van der Waals surface area contributed by atoms with Gasteiger partial charge in [0.15, 0.2) is 0 Å². The van der Waals surface area contributed by atoms with E-state index in [-0.39, 0.29) is 5.82 Å². The van der Waals surface area contributed by atoms with Crippen molar-refractivity contribution in [3.63, 3.8) is 0 Å². The van der Waals surface area contributed by atoms with Crippen molar-refractivity contribution in [2.24, 2.45) is 5.73 Å². The predicted molar refractivity (Wildman–Crippen MR) is 62.9 cm³/mol. The fourth-order valence-electron chi connectivity index (χ4n) is 2.31. The first kappa shape index (κ1) is 9.85. The molecule has 1 aliphatic carbocycles. The zero-order chi connectivity index (χ0) is 11.1. The first-order chi connectivity index (χ1) is 7.79. The average Bonchev–Trinajstić information content (AvgIpc) is 3.04. The number of rotatable bonds is 3. The molecule has 1 fully saturated rings. The van der Waals surface area contributed by atoms with Gasteiger partial charge in [-0.1, -0.05) is 0 Å². The van der Waals surface area contributed by atoms with Crippen LogP contribution >= 0.6 is 0 Å². The SMILES string of the molecule is NCCc1cn(C2CC2)c2ccc(F)cc12. The topological polar surface area (TPSA) is 30.9 Å². The van der Waals surface area contributed by atoms with E-state index in [0.29, 0.717) is 12.6 Å². The molecule has 16 heavy (non-hydrogen) atoms. The van der Waals surface area contributed by atoms with Crippen molar-refractivity contribution in [2.45, 2.75) is 25.3 Å². The number of hydrogen-bond donors (Lipinski definition) is 1. The Morgan fingerprint density at radius 1 is 1.38 bits per heavy atom. The van der Waals surface area contributed by atoms with Crippen molar-refractivity contribution in [1.82, 2.24) is 4.57 Å². The fraction of sp³-hybridized carbons (Fsp3) is 0.385. The smallest absolute Gasteiger partial charge is 0.123 e. The van der Waals surface area contributed by atoms with Gasteiger partial charge in [0.1, 0.15) is 5.82 Å². The number of aromatic nitrogens is 1. The summed E-state index contributed by atoms with van der Waals surface area (Å²) < 4.78 is 15.5. The minimum absolute atomic E-state index is 0.167. The Hall–Kier alpha value is -1.35. The van der Waals surface area contributed by atoms with Crippen molar-refractivity contribution in [3.8, 4) is 0 Å². The highest BCUT2D eigenvalue weighted by Gasteiger charge is 2.25. The summed E-state index contributed by atoms with van der Waals surface area (Å²) >= 11 is 0. The maximum atomic E-state index is 13.2. The van der Waals surface area contributed by atoms with E-state index in [1.807, 2.05) is 6.07 Å². The van der Waals surface area contributed by atoms with Crippen LogP contribution in [0.25, 0.3) is 10.9 Å². The van der Waals surface area contributed by atoms with Crippen LogP contribution in [-0.4, -0.2) is 11.1 Å². The lowest BCUT2D eigenvalue weighted by atomic mass is 10.1. The van der Waals surface area contributed by atoms with Crippen LogP contribution in [0, 0.1) is 5.82 Å². The number of fused-ring (bicyclic) bond motifs is 1. The van der Waals surface area contributed by atoms with Crippen molar-refractivity contribution >= 4 is 10.9 Å². The Kier molecular flexibility index (Phi) is 2.21. The first-order valence-corrected chi connectivity index (χ1v) is 5.78. The largest absolute Gasteiger partial charge is 0.344 e. The van der Waals surface area contributed by atoms with E-state index in [9.17, 15) is 4.39 Å². The highest BCUT2D eigenvalue weighted by Crippen LogP contribution is 2.39. The molecule has 0 radical (unpaired) electrons. The maximum Gasteiger partial charge on any atom is 0.123 e. The van der Waals surface area contributed by atoms with Crippen LogP contribution in [0.4, 0.5) is 4.39 Å². The molecule has 0 spiro atoms. The first-order valence-electron chi connectivity index (χ1n) is 5.78. The second kappa shape index (κ2) is 3.59. The third kappa shape index (κ3) is 1.52. The third-order valence-corrected chi connectivity index (χ3v) is 3.23. The molecule has 1 aromatic carbocycles. The van der Waals surface area contributed by atoms with Crippen LogP contribution in [0.15, 0.2) is 24.4 Å². The minimum atomic E-state index is -0.167. The Labute approximate surface area is 93.9 Å². The van der Waals surface area contributed by atoms with Gasteiger partial charge in [-0.25, -0.2) is 4.39 Å². The highest BCUT2D eigenvalue weighted by atomic mass is 19.1. The second-order valence-corrected chi connectivity index (χ2v) is 4.49. The molecule has 0 unspecified atom stereocenters. The van der Waals surface area contributed by atoms with Gasteiger partial charge < -0.3 is 10.3 Å². The van der Waals surface area contributed by atoms with Gasteiger partial charge in [-0.2, -0.15) is 0 Å². The molecule has 2 aromatic rings. The molecule has 3 rings (SSSR count). The second-order valence-electron chi connectivity index (χ2n) is 4.49. The number of hydrogen-bond acceptors (Lipinski definition) is 1. The summed E-state index contributed by atoms with van der Waals surface area (Å²) in [6, 6.07) is 5.66. The summed E-state index contributed by atoms with van der Waals surface area (Å²) in [4.78, 5) is 0. The van der Waals surface area contributed by atoms with Crippen molar-refractivity contribution in [3.05, 3.63) is 35.8 Å². The van der Waals surface area contributed by atoms with E-state index in [0.717, 1.165) is 17.3 Å². The van der Waals surface area contributed by atoms with Gasteiger partial charge in [0, 0.05) is 23.1 Å². The van der Waals surface area contributed by atoms with E-state index in [4.69, 9.17) is 5.73 Å². The van der Waals surface area contributed by atoms with Gasteiger partial charge in [0.25, 0.3) is 0 Å². The molecule has 1 saturated carbocycles. The molecular formula is C13H15FN2. The van der Waals surface area contributed by atoms with Gasteiger partial charge in [0.2, 0.25) is 0 Å². The van der Waals surface area contributed by atoms with Crippen LogP contribution < -0.4 is 5.73 Å². The van der Waals surface area contributed by atoms with Crippen LogP contribution in [0.3, 0.4) is 0 Å². The molecule has 0 aliphatic heterocycles. The average molecular weight is 218 g/mol. The molecule has 0 amide bonds. The van der Waals surface area contributed by atoms with Crippen molar-refractivity contribution < 1.29 is 4.39 Å². The van der Waals surface area contributed by atoms with Crippen LogP contribution in [-0.2, 0) is 6.42 Å². The molecule has 1 aliphatic rings. The Balaban J connectivity index is 2.20. The van der Waals surface area contributed by atoms with E-state index in [1.54, 1.807) is 6.07 Å². The summed E-state index contributed by atoms with van der Waals surface area (Å²) in [5.41, 5.74) is 7.90. The van der Waals surface area contributed by atoms with Gasteiger partial charge in [0.05, 0.1) is 0 Å². The number of benzene rings is 1. The standard InChI is InChI=1S/C13H15FN2/c14-10-1-4-13-12(7-10)9(5-6-15)8-16(13)11-2-3-11/h1,4,7-8,11H,2-3,5-6,15H2. The maximum absolute atomic E-state index is 13.2. The van der Waals surface area contributed by atoms with Gasteiger partial charge in [-0.3, -0.25) is 0 Å². The van der Waals surface area contributed by atoms with E-state index >= 15 is 0 Å². The predicted octanol–water partition coefficient (Wildman–Crippen LogP) is 2.62. The fourth-order valence-corrected chi connectivity index (χ4v) is 2.31. The lowest BCUT2D eigenvalue weighted by molar-refractivity contribution is 0.629. The molecule has 1 aromatic heterocycles. The lowest BCUT2D eigenvalue weighted by Crippen LogP contribution is -2.02. The summed E-state index contributed by atoms with van der Waals surface area (Å²) in [6.45, 7) is 0.611. The minimum Gasteiger partial charge on any atom is -0.344 e. The molecule has 1 heterocycles. The normalized spacial score (nSPS) is 15.9. The van der Waals surface area contributed by atoms with Crippen LogP contribution in [0.5, 0.6) is 0 Å². The molecule has 0 bridgehead atoms. The van der Waals surface area contributed by atoms with E-state index in [1.165, 1.54) is 24.5 Å². The molecule has 84 valence electrons. The monoisotopic (exact) mass is 218 g/mol. The number of nitrogens with zero attached hydrogens (tertiary/aromatic N) is 1. The zero-order valence-corrected chi connectivity index (χ0v) is 9.12. The van der Waals surface area contributed by atoms with Crippen LogP contribution in [0.2, 0.25) is 0 Å². The summed E-state index contributed by atoms with van der Waals surface area (Å²) in [6.07, 6.45) is 5.45. The van der Waals surface area contributed by atoms with Gasteiger partial charge >= 0.3 is 0 Å². The number of nitrogens with two attached hydrogens (primary N) is 1. The molecular weight excluding hydrogens is 203 g/mol. The molecule has 2 N–H and O–H groups in total. The molecule has 0 saturated heterocycles.